The van der Waals surface area contributed by atoms with Gasteiger partial charge in [0.1, 0.15) is 0 Å². The molecule has 0 bridgehead atoms. The van der Waals surface area contributed by atoms with Gasteiger partial charge in [-0.3, -0.25) is 9.89 Å². The van der Waals surface area contributed by atoms with Gasteiger partial charge in [-0.1, -0.05) is 0 Å². The van der Waals surface area contributed by atoms with Crippen LogP contribution in [0, 0.1) is 5.92 Å². The van der Waals surface area contributed by atoms with Gasteiger partial charge < -0.3 is 10.6 Å². The maximum Gasteiger partial charge on any atom is 0.401 e. The fraction of sp³-hybridized carbons (Fsp3) is 0.917. The van der Waals surface area contributed by atoms with Crippen LogP contribution in [0.3, 0.4) is 0 Å². The number of nitrogens with one attached hydrogen (secondary N) is 2. The van der Waals surface area contributed by atoms with E-state index >= 15 is 0 Å². The summed E-state index contributed by atoms with van der Waals surface area (Å²) >= 11 is 0. The fourth-order valence-electron chi connectivity index (χ4n) is 1.61. The number of rotatable bonds is 7. The molecule has 0 radical (unpaired) electrons. The zero-order valence-electron chi connectivity index (χ0n) is 11.6. The molecule has 4 nitrogen and oxygen atoms in total. The van der Waals surface area contributed by atoms with Gasteiger partial charge in [0.25, 0.3) is 0 Å². The molecule has 1 fully saturated rings. The number of halogens is 3. The average Bonchev–Trinajstić information content (AvgIpc) is 3.07. The van der Waals surface area contributed by atoms with Crippen molar-refractivity contribution in [1.82, 2.24) is 15.5 Å². The minimum absolute atomic E-state index is 0.327. The molecule has 0 aliphatic heterocycles. The summed E-state index contributed by atoms with van der Waals surface area (Å²) < 4.78 is 36.4. The average molecular weight is 280 g/mol. The van der Waals surface area contributed by atoms with Crippen molar-refractivity contribution in [2.45, 2.75) is 25.9 Å². The van der Waals surface area contributed by atoms with Gasteiger partial charge in [-0.05, 0) is 32.7 Å². The highest BCUT2D eigenvalue weighted by molar-refractivity contribution is 5.79. The van der Waals surface area contributed by atoms with Crippen molar-refractivity contribution in [2.75, 3.05) is 39.8 Å². The van der Waals surface area contributed by atoms with Crippen LogP contribution < -0.4 is 10.6 Å². The fourth-order valence-corrected chi connectivity index (χ4v) is 1.61. The molecule has 19 heavy (non-hydrogen) atoms. The summed E-state index contributed by atoms with van der Waals surface area (Å²) in [6.07, 6.45) is -1.67. The summed E-state index contributed by atoms with van der Waals surface area (Å²) in [4.78, 5) is 5.65. The smallest absolute Gasteiger partial charge is 0.357 e. The molecule has 1 aliphatic rings. The molecule has 1 aliphatic carbocycles. The number of nitrogens with zero attached hydrogens (tertiary/aromatic N) is 2. The second kappa shape index (κ2) is 7.57. The molecule has 0 aromatic heterocycles. The van der Waals surface area contributed by atoms with Crippen LogP contribution in [0.2, 0.25) is 0 Å². The van der Waals surface area contributed by atoms with Crippen LogP contribution in [-0.2, 0) is 0 Å². The number of likely N-dealkylation sites (N-methyl/N-ethyl adjacent to an activating group) is 1. The van der Waals surface area contributed by atoms with Crippen LogP contribution in [0.25, 0.3) is 0 Å². The van der Waals surface area contributed by atoms with E-state index in [4.69, 9.17) is 0 Å². The van der Waals surface area contributed by atoms with E-state index < -0.39 is 12.7 Å². The van der Waals surface area contributed by atoms with Crippen LogP contribution in [0.5, 0.6) is 0 Å². The predicted molar refractivity (Wildman–Crippen MR) is 70.3 cm³/mol. The van der Waals surface area contributed by atoms with Crippen LogP contribution >= 0.6 is 0 Å². The first-order chi connectivity index (χ1) is 8.90. The van der Waals surface area contributed by atoms with E-state index in [9.17, 15) is 13.2 Å². The lowest BCUT2D eigenvalue weighted by molar-refractivity contribution is -0.142. The molecule has 1 rings (SSSR count). The largest absolute Gasteiger partial charge is 0.401 e. The van der Waals surface area contributed by atoms with E-state index in [-0.39, 0.29) is 0 Å². The number of hydrogen-bond donors (Lipinski definition) is 2. The zero-order chi connectivity index (χ0) is 14.3. The van der Waals surface area contributed by atoms with Crippen molar-refractivity contribution >= 4 is 5.96 Å². The van der Waals surface area contributed by atoms with E-state index in [1.165, 1.54) is 24.8 Å². The summed E-state index contributed by atoms with van der Waals surface area (Å²) in [6.45, 7) is 3.40. The normalized spacial score (nSPS) is 16.8. The summed E-state index contributed by atoms with van der Waals surface area (Å²) in [5, 5.41) is 6.14. The number of guanidine groups is 1. The van der Waals surface area contributed by atoms with Crippen molar-refractivity contribution in [2.24, 2.45) is 10.9 Å². The maximum absolute atomic E-state index is 12.1. The molecule has 0 saturated heterocycles. The monoisotopic (exact) mass is 280 g/mol. The SMILES string of the molecule is CCNC(=NCC1CC1)NCCN(C)CC(F)(F)F. The quantitative estimate of drug-likeness (QED) is 0.548. The lowest BCUT2D eigenvalue weighted by Crippen LogP contribution is -2.42. The summed E-state index contributed by atoms with van der Waals surface area (Å²) in [5.41, 5.74) is 0. The van der Waals surface area contributed by atoms with E-state index in [1.54, 1.807) is 0 Å². The van der Waals surface area contributed by atoms with Gasteiger partial charge in [0.2, 0.25) is 0 Å². The highest BCUT2D eigenvalue weighted by atomic mass is 19.4. The van der Waals surface area contributed by atoms with Crippen molar-refractivity contribution in [3.05, 3.63) is 0 Å². The predicted octanol–water partition coefficient (Wildman–Crippen LogP) is 1.45. The molecule has 0 aromatic rings. The van der Waals surface area contributed by atoms with E-state index in [0.29, 0.717) is 25.0 Å². The Labute approximate surface area is 112 Å². The Morgan fingerprint density at radius 2 is 2.00 bits per heavy atom. The Bertz CT molecular complexity index is 287. The third kappa shape index (κ3) is 8.69. The summed E-state index contributed by atoms with van der Waals surface area (Å²) in [6, 6.07) is 0. The van der Waals surface area contributed by atoms with Crippen LogP contribution in [0.4, 0.5) is 13.2 Å². The van der Waals surface area contributed by atoms with E-state index in [2.05, 4.69) is 15.6 Å². The highest BCUT2D eigenvalue weighted by Gasteiger charge is 2.28. The zero-order valence-corrected chi connectivity index (χ0v) is 11.6. The topological polar surface area (TPSA) is 39.7 Å². The molecule has 0 heterocycles. The van der Waals surface area contributed by atoms with E-state index in [0.717, 1.165) is 13.1 Å². The van der Waals surface area contributed by atoms with Gasteiger partial charge in [-0.2, -0.15) is 13.2 Å². The Balaban J connectivity index is 2.21. The van der Waals surface area contributed by atoms with Crippen molar-refractivity contribution in [3.63, 3.8) is 0 Å². The number of aliphatic imine (C=N–C) groups is 1. The first-order valence-corrected chi connectivity index (χ1v) is 6.68. The molecule has 0 spiro atoms. The molecule has 1 saturated carbocycles. The first kappa shape index (κ1) is 16.1. The first-order valence-electron chi connectivity index (χ1n) is 6.68. The van der Waals surface area contributed by atoms with Crippen molar-refractivity contribution in [1.29, 1.82) is 0 Å². The second-order valence-electron chi connectivity index (χ2n) is 4.94. The Kier molecular flexibility index (Phi) is 6.41. The third-order valence-corrected chi connectivity index (χ3v) is 2.78. The molecular weight excluding hydrogens is 257 g/mol. The minimum Gasteiger partial charge on any atom is -0.357 e. The van der Waals surface area contributed by atoms with Crippen LogP contribution in [0.15, 0.2) is 4.99 Å². The Morgan fingerprint density at radius 3 is 2.53 bits per heavy atom. The highest BCUT2D eigenvalue weighted by Crippen LogP contribution is 2.28. The van der Waals surface area contributed by atoms with Crippen LogP contribution in [0.1, 0.15) is 19.8 Å². The van der Waals surface area contributed by atoms with Gasteiger partial charge in [-0.15, -0.1) is 0 Å². The molecule has 0 aromatic carbocycles. The van der Waals surface area contributed by atoms with Gasteiger partial charge in [0.15, 0.2) is 5.96 Å². The van der Waals surface area contributed by atoms with E-state index in [1.807, 2.05) is 6.92 Å². The maximum atomic E-state index is 12.1. The molecule has 0 unspecified atom stereocenters. The molecule has 7 heteroatoms. The Hall–Kier alpha value is -0.980. The molecule has 112 valence electrons. The standard InChI is InChI=1S/C12H23F3N4/c1-3-16-11(18-8-10-4-5-10)17-6-7-19(2)9-12(13,14)15/h10H,3-9H2,1-2H3,(H2,16,17,18). The second-order valence-corrected chi connectivity index (χ2v) is 4.94. The summed E-state index contributed by atoms with van der Waals surface area (Å²) in [5.74, 6) is 1.39. The molecule has 0 atom stereocenters. The van der Waals surface area contributed by atoms with Gasteiger partial charge in [0, 0.05) is 26.2 Å². The van der Waals surface area contributed by atoms with Gasteiger partial charge >= 0.3 is 6.18 Å². The number of hydrogen-bond acceptors (Lipinski definition) is 2. The van der Waals surface area contributed by atoms with Gasteiger partial charge in [-0.25, -0.2) is 0 Å². The van der Waals surface area contributed by atoms with Crippen molar-refractivity contribution in [3.8, 4) is 0 Å². The molecule has 2 N–H and O–H groups in total. The lowest BCUT2D eigenvalue weighted by atomic mass is 10.4. The van der Waals surface area contributed by atoms with Crippen LogP contribution in [-0.4, -0.2) is 56.8 Å². The van der Waals surface area contributed by atoms with Gasteiger partial charge in [0.05, 0.1) is 6.54 Å². The third-order valence-electron chi connectivity index (χ3n) is 2.78. The molecular formula is C12H23F3N4. The lowest BCUT2D eigenvalue weighted by Gasteiger charge is -2.19. The Morgan fingerprint density at radius 1 is 1.32 bits per heavy atom. The number of alkyl halides is 3. The minimum atomic E-state index is -4.14. The summed E-state index contributed by atoms with van der Waals surface area (Å²) in [7, 11) is 1.46. The molecule has 0 amide bonds. The van der Waals surface area contributed by atoms with Crippen molar-refractivity contribution < 1.29 is 13.2 Å².